The molecule has 114 valence electrons. The summed E-state index contributed by atoms with van der Waals surface area (Å²) >= 11 is 0. The minimum atomic E-state index is 0.123. The van der Waals surface area contributed by atoms with Crippen molar-refractivity contribution in [2.75, 3.05) is 27.2 Å². The number of benzene rings is 2. The predicted octanol–water partition coefficient (Wildman–Crippen LogP) is 2.96. The van der Waals surface area contributed by atoms with Crippen molar-refractivity contribution in [2.24, 2.45) is 0 Å². The molecule has 22 heavy (non-hydrogen) atoms. The van der Waals surface area contributed by atoms with Gasteiger partial charge in [0.2, 0.25) is 0 Å². The summed E-state index contributed by atoms with van der Waals surface area (Å²) in [6.45, 7) is 1.90. The van der Waals surface area contributed by atoms with E-state index >= 15 is 0 Å². The topological polar surface area (TPSA) is 29.5 Å². The van der Waals surface area contributed by atoms with Crippen molar-refractivity contribution in [3.05, 3.63) is 64.7 Å². The van der Waals surface area contributed by atoms with Gasteiger partial charge in [0, 0.05) is 24.2 Å². The molecule has 1 heterocycles. The number of nitrogens with zero attached hydrogens (tertiary/aromatic N) is 1. The molecule has 0 fully saturated rings. The van der Waals surface area contributed by atoms with Crippen LogP contribution in [0.1, 0.15) is 27.0 Å². The van der Waals surface area contributed by atoms with Crippen LogP contribution in [0.15, 0.2) is 42.5 Å². The maximum absolute atomic E-state index is 13.0. The lowest BCUT2D eigenvalue weighted by atomic mass is 9.91. The highest BCUT2D eigenvalue weighted by Gasteiger charge is 2.19. The quantitative estimate of drug-likeness (QED) is 0.810. The molecule has 0 N–H and O–H groups in total. The summed E-state index contributed by atoms with van der Waals surface area (Å²) in [6, 6.07) is 13.7. The zero-order valence-corrected chi connectivity index (χ0v) is 13.1. The molecule has 3 nitrogen and oxygen atoms in total. The van der Waals surface area contributed by atoms with Gasteiger partial charge in [0.1, 0.15) is 5.75 Å². The molecule has 2 aromatic carbocycles. The van der Waals surface area contributed by atoms with Crippen molar-refractivity contribution < 1.29 is 9.53 Å². The molecule has 0 atom stereocenters. The second-order valence-electron chi connectivity index (χ2n) is 5.81. The van der Waals surface area contributed by atoms with E-state index in [1.54, 1.807) is 7.11 Å². The molecular weight excluding hydrogens is 274 g/mol. The number of ether oxygens (including phenoxy) is 1. The molecule has 0 unspecified atom stereocenters. The van der Waals surface area contributed by atoms with Crippen molar-refractivity contribution in [1.82, 2.24) is 4.90 Å². The van der Waals surface area contributed by atoms with Crippen LogP contribution in [0.3, 0.4) is 0 Å². The zero-order chi connectivity index (χ0) is 15.5. The Morgan fingerprint density at radius 3 is 2.41 bits per heavy atom. The first-order chi connectivity index (χ1) is 10.7. The Hall–Kier alpha value is -2.13. The molecule has 0 aliphatic carbocycles. The molecular formula is C19H21NO2. The van der Waals surface area contributed by atoms with E-state index in [1.807, 2.05) is 36.4 Å². The van der Waals surface area contributed by atoms with E-state index in [-0.39, 0.29) is 5.78 Å². The van der Waals surface area contributed by atoms with E-state index < -0.39 is 0 Å². The van der Waals surface area contributed by atoms with Gasteiger partial charge in [0.05, 0.1) is 7.11 Å². The highest BCUT2D eigenvalue weighted by Crippen LogP contribution is 2.24. The van der Waals surface area contributed by atoms with E-state index in [4.69, 9.17) is 4.74 Å². The van der Waals surface area contributed by atoms with Crippen molar-refractivity contribution in [1.29, 1.82) is 0 Å². The van der Waals surface area contributed by atoms with Crippen LogP contribution in [0.2, 0.25) is 0 Å². The maximum atomic E-state index is 13.0. The molecule has 2 aromatic rings. The maximum Gasteiger partial charge on any atom is 0.193 e. The SMILES string of the molecule is COc1ccc2c(c1)CCN(C)CCc1ccccc1C2=O. The summed E-state index contributed by atoms with van der Waals surface area (Å²) in [6.07, 6.45) is 1.76. The molecule has 0 bridgehead atoms. The molecule has 0 spiro atoms. The predicted molar refractivity (Wildman–Crippen MR) is 87.8 cm³/mol. The highest BCUT2D eigenvalue weighted by molar-refractivity contribution is 6.11. The van der Waals surface area contributed by atoms with Crippen LogP contribution in [0, 0.1) is 0 Å². The fourth-order valence-corrected chi connectivity index (χ4v) is 2.96. The number of rotatable bonds is 1. The van der Waals surface area contributed by atoms with Crippen LogP contribution in [-0.2, 0) is 12.8 Å². The van der Waals surface area contributed by atoms with Gasteiger partial charge >= 0.3 is 0 Å². The number of ketones is 1. The molecule has 1 aliphatic rings. The van der Waals surface area contributed by atoms with Crippen molar-refractivity contribution >= 4 is 5.78 Å². The second kappa shape index (κ2) is 6.32. The normalized spacial score (nSPS) is 15.8. The number of fused-ring (bicyclic) bond motifs is 2. The first kappa shape index (κ1) is 14.8. The van der Waals surface area contributed by atoms with Crippen molar-refractivity contribution in [3.8, 4) is 5.75 Å². The summed E-state index contributed by atoms with van der Waals surface area (Å²) in [5.74, 6) is 0.928. The number of carbonyl (C=O) groups is 1. The molecule has 0 radical (unpaired) electrons. The van der Waals surface area contributed by atoms with Gasteiger partial charge in [0.25, 0.3) is 0 Å². The van der Waals surface area contributed by atoms with Gasteiger partial charge in [-0.05, 0) is 49.2 Å². The van der Waals surface area contributed by atoms with Crippen LogP contribution < -0.4 is 4.74 Å². The number of carbonyl (C=O) groups excluding carboxylic acids is 1. The van der Waals surface area contributed by atoms with Gasteiger partial charge in [0.15, 0.2) is 5.78 Å². The highest BCUT2D eigenvalue weighted by atomic mass is 16.5. The second-order valence-corrected chi connectivity index (χ2v) is 5.81. The Morgan fingerprint density at radius 2 is 1.64 bits per heavy atom. The lowest BCUT2D eigenvalue weighted by molar-refractivity contribution is 0.103. The van der Waals surface area contributed by atoms with Gasteiger partial charge in [-0.1, -0.05) is 24.3 Å². The van der Waals surface area contributed by atoms with Gasteiger partial charge in [-0.3, -0.25) is 4.79 Å². The Balaban J connectivity index is 2.11. The lowest BCUT2D eigenvalue weighted by Crippen LogP contribution is -2.26. The fraction of sp³-hybridized carbons (Fsp3) is 0.316. The monoisotopic (exact) mass is 295 g/mol. The smallest absolute Gasteiger partial charge is 0.193 e. The standard InChI is InChI=1S/C19H21NO2/c1-20-11-9-14-5-3-4-6-17(14)19(21)18-8-7-16(22-2)13-15(18)10-12-20/h3-8,13H,9-12H2,1-2H3. The van der Waals surface area contributed by atoms with Crippen LogP contribution in [0.5, 0.6) is 5.75 Å². The lowest BCUT2D eigenvalue weighted by Gasteiger charge is -2.21. The summed E-state index contributed by atoms with van der Waals surface area (Å²) in [5, 5.41) is 0. The Kier molecular flexibility index (Phi) is 4.25. The average Bonchev–Trinajstić information content (AvgIpc) is 2.57. The average molecular weight is 295 g/mol. The van der Waals surface area contributed by atoms with Crippen molar-refractivity contribution in [3.63, 3.8) is 0 Å². The molecule has 3 heteroatoms. The third kappa shape index (κ3) is 2.90. The molecule has 0 saturated carbocycles. The van der Waals surface area contributed by atoms with Crippen LogP contribution in [0.25, 0.3) is 0 Å². The van der Waals surface area contributed by atoms with Crippen LogP contribution in [-0.4, -0.2) is 37.9 Å². The number of methoxy groups -OCH3 is 1. The summed E-state index contributed by atoms with van der Waals surface area (Å²) in [7, 11) is 3.79. The molecule has 0 amide bonds. The summed E-state index contributed by atoms with van der Waals surface area (Å²) in [4.78, 5) is 15.3. The van der Waals surface area contributed by atoms with Crippen LogP contribution >= 0.6 is 0 Å². The fourth-order valence-electron chi connectivity index (χ4n) is 2.96. The third-order valence-corrected chi connectivity index (χ3v) is 4.34. The van der Waals surface area contributed by atoms with Gasteiger partial charge in [-0.25, -0.2) is 0 Å². The van der Waals surface area contributed by atoms with Gasteiger partial charge in [-0.2, -0.15) is 0 Å². The molecule has 1 aliphatic heterocycles. The van der Waals surface area contributed by atoms with E-state index in [0.717, 1.165) is 53.9 Å². The summed E-state index contributed by atoms with van der Waals surface area (Å²) in [5.41, 5.74) is 3.81. The summed E-state index contributed by atoms with van der Waals surface area (Å²) < 4.78 is 5.31. The first-order valence-electron chi connectivity index (χ1n) is 7.67. The zero-order valence-electron chi connectivity index (χ0n) is 13.1. The Labute approximate surface area is 131 Å². The first-order valence-corrected chi connectivity index (χ1v) is 7.67. The third-order valence-electron chi connectivity index (χ3n) is 4.34. The molecule has 3 rings (SSSR count). The van der Waals surface area contributed by atoms with E-state index in [1.165, 1.54) is 0 Å². The van der Waals surface area contributed by atoms with Crippen molar-refractivity contribution in [2.45, 2.75) is 12.8 Å². The van der Waals surface area contributed by atoms with Gasteiger partial charge in [-0.15, -0.1) is 0 Å². The molecule has 0 saturated heterocycles. The number of likely N-dealkylation sites (N-methyl/N-ethyl adjacent to an activating group) is 1. The number of hydrogen-bond acceptors (Lipinski definition) is 3. The van der Waals surface area contributed by atoms with E-state index in [2.05, 4.69) is 18.0 Å². The molecule has 0 aromatic heterocycles. The van der Waals surface area contributed by atoms with Crippen LogP contribution in [0.4, 0.5) is 0 Å². The Morgan fingerprint density at radius 1 is 0.955 bits per heavy atom. The number of hydrogen-bond donors (Lipinski definition) is 0. The van der Waals surface area contributed by atoms with E-state index in [9.17, 15) is 4.79 Å². The minimum absolute atomic E-state index is 0.123. The Bertz CT molecular complexity index is 694. The largest absolute Gasteiger partial charge is 0.497 e. The minimum Gasteiger partial charge on any atom is -0.497 e. The van der Waals surface area contributed by atoms with E-state index in [0.29, 0.717) is 0 Å². The van der Waals surface area contributed by atoms with Gasteiger partial charge < -0.3 is 9.64 Å².